The summed E-state index contributed by atoms with van der Waals surface area (Å²) in [5.41, 5.74) is 6.88. The first-order chi connectivity index (χ1) is 10.2. The highest BCUT2D eigenvalue weighted by atomic mass is 16.3. The summed E-state index contributed by atoms with van der Waals surface area (Å²) in [5.74, 6) is 0.707. The van der Waals surface area contributed by atoms with Crippen molar-refractivity contribution in [3.63, 3.8) is 0 Å². The second-order valence-electron chi connectivity index (χ2n) is 5.99. The lowest BCUT2D eigenvalue weighted by Crippen LogP contribution is -2.38. The Morgan fingerprint density at radius 3 is 2.43 bits per heavy atom. The molecule has 0 aliphatic rings. The highest BCUT2D eigenvalue weighted by Crippen LogP contribution is 2.16. The maximum atomic E-state index is 9.90. The molecule has 21 heavy (non-hydrogen) atoms. The summed E-state index contributed by atoms with van der Waals surface area (Å²) < 4.78 is 0. The number of hydrogen-bond donors (Lipinski definition) is 2. The maximum Gasteiger partial charge on any atom is 0.0789 e. The second kappa shape index (κ2) is 10.8. The van der Waals surface area contributed by atoms with Crippen LogP contribution < -0.4 is 5.73 Å². The van der Waals surface area contributed by atoms with Gasteiger partial charge in [-0.3, -0.25) is 4.90 Å². The molecular weight excluding hydrogens is 260 g/mol. The topological polar surface area (TPSA) is 49.5 Å². The quantitative estimate of drug-likeness (QED) is 0.659. The minimum Gasteiger partial charge on any atom is -0.390 e. The fourth-order valence-electron chi connectivity index (χ4n) is 2.70. The van der Waals surface area contributed by atoms with Gasteiger partial charge < -0.3 is 10.8 Å². The van der Waals surface area contributed by atoms with E-state index in [1.165, 1.54) is 31.2 Å². The van der Waals surface area contributed by atoms with Gasteiger partial charge in [0.25, 0.3) is 0 Å². The molecule has 0 radical (unpaired) electrons. The largest absolute Gasteiger partial charge is 0.390 e. The summed E-state index contributed by atoms with van der Waals surface area (Å²) >= 11 is 0. The SMILES string of the molecule is CCCCC(CC)CN(Cc1ccccc1)CC(O)CN. The highest BCUT2D eigenvalue weighted by molar-refractivity contribution is 5.14. The van der Waals surface area contributed by atoms with Crippen molar-refractivity contribution in [3.05, 3.63) is 35.9 Å². The Morgan fingerprint density at radius 2 is 1.86 bits per heavy atom. The third-order valence-electron chi connectivity index (χ3n) is 4.05. The van der Waals surface area contributed by atoms with Crippen LogP contribution in [0.25, 0.3) is 0 Å². The van der Waals surface area contributed by atoms with Crippen molar-refractivity contribution < 1.29 is 5.11 Å². The van der Waals surface area contributed by atoms with Gasteiger partial charge in [-0.2, -0.15) is 0 Å². The summed E-state index contributed by atoms with van der Waals surface area (Å²) in [5, 5.41) is 9.90. The Labute approximate surface area is 130 Å². The van der Waals surface area contributed by atoms with Gasteiger partial charge in [0.15, 0.2) is 0 Å². The lowest BCUT2D eigenvalue weighted by Gasteiger charge is -2.28. The lowest BCUT2D eigenvalue weighted by molar-refractivity contribution is 0.101. The standard InChI is InChI=1S/C18H32N2O/c1-3-5-9-16(4-2)13-20(15-18(21)12-19)14-17-10-7-6-8-11-17/h6-8,10-11,16,18,21H,3-5,9,12-15,19H2,1-2H3. The first kappa shape index (κ1) is 18.1. The van der Waals surface area contributed by atoms with E-state index >= 15 is 0 Å². The van der Waals surface area contributed by atoms with Crippen LogP contribution in [0, 0.1) is 5.92 Å². The van der Waals surface area contributed by atoms with Gasteiger partial charge in [0, 0.05) is 26.2 Å². The Bertz CT molecular complexity index is 355. The summed E-state index contributed by atoms with van der Waals surface area (Å²) in [6.45, 7) is 7.43. The van der Waals surface area contributed by atoms with Crippen LogP contribution in [0.5, 0.6) is 0 Å². The molecule has 3 nitrogen and oxygen atoms in total. The van der Waals surface area contributed by atoms with Gasteiger partial charge in [0.05, 0.1) is 6.10 Å². The van der Waals surface area contributed by atoms with Crippen LogP contribution in [0.3, 0.4) is 0 Å². The van der Waals surface area contributed by atoms with Crippen LogP contribution in [0.4, 0.5) is 0 Å². The van der Waals surface area contributed by atoms with Crippen LogP contribution >= 0.6 is 0 Å². The molecule has 2 atom stereocenters. The van der Waals surface area contributed by atoms with Gasteiger partial charge >= 0.3 is 0 Å². The normalized spacial score (nSPS) is 14.3. The molecule has 120 valence electrons. The van der Waals surface area contributed by atoms with Crippen LogP contribution in [0.15, 0.2) is 30.3 Å². The fourth-order valence-corrected chi connectivity index (χ4v) is 2.70. The lowest BCUT2D eigenvalue weighted by atomic mass is 9.98. The summed E-state index contributed by atoms with van der Waals surface area (Å²) in [6, 6.07) is 10.5. The van der Waals surface area contributed by atoms with E-state index in [1.54, 1.807) is 0 Å². The molecule has 0 bridgehead atoms. The van der Waals surface area contributed by atoms with Crippen molar-refractivity contribution in [3.8, 4) is 0 Å². The van der Waals surface area contributed by atoms with Gasteiger partial charge in [-0.1, -0.05) is 63.4 Å². The molecule has 3 N–H and O–H groups in total. The van der Waals surface area contributed by atoms with E-state index in [2.05, 4.69) is 43.0 Å². The Balaban J connectivity index is 2.62. The van der Waals surface area contributed by atoms with Crippen LogP contribution in [-0.2, 0) is 6.54 Å². The number of benzene rings is 1. The minimum absolute atomic E-state index is 0.330. The predicted octanol–water partition coefficient (Wildman–Crippen LogP) is 3.02. The average Bonchev–Trinajstić information content (AvgIpc) is 2.52. The van der Waals surface area contributed by atoms with E-state index < -0.39 is 6.10 Å². The van der Waals surface area contributed by atoms with E-state index in [1.807, 2.05) is 6.07 Å². The fraction of sp³-hybridized carbons (Fsp3) is 0.667. The third kappa shape index (κ3) is 7.60. The van der Waals surface area contributed by atoms with Crippen molar-refractivity contribution >= 4 is 0 Å². The summed E-state index contributed by atoms with van der Waals surface area (Å²) in [6.07, 6.45) is 4.58. The molecule has 1 aromatic rings. The molecule has 1 rings (SSSR count). The van der Waals surface area contributed by atoms with Gasteiger partial charge in [0.2, 0.25) is 0 Å². The molecule has 1 aromatic carbocycles. The zero-order chi connectivity index (χ0) is 15.5. The first-order valence-corrected chi connectivity index (χ1v) is 8.33. The van der Waals surface area contributed by atoms with E-state index in [-0.39, 0.29) is 0 Å². The molecular formula is C18H32N2O. The Hall–Kier alpha value is -0.900. The smallest absolute Gasteiger partial charge is 0.0789 e. The summed E-state index contributed by atoms with van der Waals surface area (Å²) in [7, 11) is 0. The summed E-state index contributed by atoms with van der Waals surface area (Å²) in [4.78, 5) is 2.36. The zero-order valence-electron chi connectivity index (χ0n) is 13.7. The molecule has 3 heteroatoms. The van der Waals surface area contributed by atoms with Crippen molar-refractivity contribution in [1.29, 1.82) is 0 Å². The van der Waals surface area contributed by atoms with E-state index in [0.717, 1.165) is 13.1 Å². The number of nitrogens with two attached hydrogens (primary N) is 1. The van der Waals surface area contributed by atoms with E-state index in [9.17, 15) is 5.11 Å². The van der Waals surface area contributed by atoms with Gasteiger partial charge in [-0.15, -0.1) is 0 Å². The van der Waals surface area contributed by atoms with Gasteiger partial charge in [0.1, 0.15) is 0 Å². The van der Waals surface area contributed by atoms with Crippen LogP contribution in [0.2, 0.25) is 0 Å². The molecule has 0 fully saturated rings. The monoisotopic (exact) mass is 292 g/mol. The van der Waals surface area contributed by atoms with Gasteiger partial charge in [-0.05, 0) is 17.9 Å². The minimum atomic E-state index is -0.433. The van der Waals surface area contributed by atoms with Crippen LogP contribution in [-0.4, -0.2) is 35.7 Å². The molecule has 0 saturated carbocycles. The van der Waals surface area contributed by atoms with Crippen molar-refractivity contribution in [2.24, 2.45) is 11.7 Å². The first-order valence-electron chi connectivity index (χ1n) is 8.33. The Kier molecular flexibility index (Phi) is 9.31. The molecule has 0 aliphatic heterocycles. The maximum absolute atomic E-state index is 9.90. The van der Waals surface area contributed by atoms with Crippen molar-refractivity contribution in [2.45, 2.75) is 52.2 Å². The van der Waals surface area contributed by atoms with Crippen molar-refractivity contribution in [2.75, 3.05) is 19.6 Å². The molecule has 0 aromatic heterocycles. The molecule has 0 amide bonds. The van der Waals surface area contributed by atoms with Gasteiger partial charge in [-0.25, -0.2) is 0 Å². The highest BCUT2D eigenvalue weighted by Gasteiger charge is 2.16. The average molecular weight is 292 g/mol. The second-order valence-corrected chi connectivity index (χ2v) is 5.99. The van der Waals surface area contributed by atoms with Crippen LogP contribution in [0.1, 0.15) is 45.1 Å². The molecule has 0 aliphatic carbocycles. The third-order valence-corrected chi connectivity index (χ3v) is 4.05. The number of hydrogen-bond acceptors (Lipinski definition) is 3. The van der Waals surface area contributed by atoms with E-state index in [4.69, 9.17) is 5.73 Å². The number of nitrogens with zero attached hydrogens (tertiary/aromatic N) is 1. The number of unbranched alkanes of at least 4 members (excludes halogenated alkanes) is 1. The molecule has 0 spiro atoms. The molecule has 2 unspecified atom stereocenters. The predicted molar refractivity (Wildman–Crippen MR) is 90.1 cm³/mol. The van der Waals surface area contributed by atoms with E-state index in [0.29, 0.717) is 19.0 Å². The Morgan fingerprint density at radius 1 is 1.14 bits per heavy atom. The number of aliphatic hydroxyl groups excluding tert-OH is 1. The molecule has 0 heterocycles. The number of rotatable bonds is 11. The zero-order valence-corrected chi connectivity index (χ0v) is 13.7. The molecule has 0 saturated heterocycles. The number of aliphatic hydroxyl groups is 1. The van der Waals surface area contributed by atoms with Crippen molar-refractivity contribution in [1.82, 2.24) is 4.90 Å².